The minimum Gasteiger partial charge on any atom is -0.481 e. The van der Waals surface area contributed by atoms with Crippen molar-refractivity contribution in [1.82, 2.24) is 0 Å². The molecule has 1 aromatic rings. The molecule has 0 saturated carbocycles. The molecule has 1 heterocycles. The van der Waals surface area contributed by atoms with E-state index in [-0.39, 0.29) is 25.2 Å². The fraction of sp³-hybridized carbons (Fsp3) is 0.438. The highest BCUT2D eigenvalue weighted by atomic mass is 16.4. The zero-order valence-electron chi connectivity index (χ0n) is 12.6. The van der Waals surface area contributed by atoms with Gasteiger partial charge in [0.2, 0.25) is 5.91 Å². The molecule has 6 heteroatoms. The van der Waals surface area contributed by atoms with Crippen molar-refractivity contribution in [3.05, 3.63) is 29.8 Å². The average molecular weight is 305 g/mol. The van der Waals surface area contributed by atoms with Gasteiger partial charge in [0.1, 0.15) is 6.04 Å². The van der Waals surface area contributed by atoms with Crippen molar-refractivity contribution in [2.75, 3.05) is 4.90 Å². The van der Waals surface area contributed by atoms with Crippen LogP contribution in [-0.4, -0.2) is 34.1 Å². The third-order valence-corrected chi connectivity index (χ3v) is 3.79. The van der Waals surface area contributed by atoms with Crippen LogP contribution in [0.5, 0.6) is 0 Å². The van der Waals surface area contributed by atoms with Gasteiger partial charge in [-0.15, -0.1) is 0 Å². The molecule has 0 saturated heterocycles. The van der Waals surface area contributed by atoms with E-state index in [0.717, 1.165) is 5.56 Å². The minimum atomic E-state index is -1.06. The number of carbonyl (C=O) groups excluding carboxylic acids is 1. The first kappa shape index (κ1) is 16.0. The largest absolute Gasteiger partial charge is 0.481 e. The number of rotatable bonds is 5. The zero-order chi connectivity index (χ0) is 16.5. The Morgan fingerprint density at radius 3 is 2.41 bits per heavy atom. The number of benzene rings is 1. The summed E-state index contributed by atoms with van der Waals surface area (Å²) in [5.74, 6) is -2.39. The van der Waals surface area contributed by atoms with Gasteiger partial charge < -0.3 is 10.2 Å². The monoisotopic (exact) mass is 305 g/mol. The van der Waals surface area contributed by atoms with E-state index in [1.165, 1.54) is 4.90 Å². The number of hydrogen-bond donors (Lipinski definition) is 2. The molecule has 0 bridgehead atoms. The molecule has 1 atom stereocenters. The SMILES string of the molecule is CC(C)(CC(=O)O)CC(=O)N1c2ccccc2C[C@H]1C(=O)O. The summed E-state index contributed by atoms with van der Waals surface area (Å²) in [5, 5.41) is 18.3. The van der Waals surface area contributed by atoms with Gasteiger partial charge in [-0.2, -0.15) is 0 Å². The Morgan fingerprint density at radius 1 is 1.18 bits per heavy atom. The van der Waals surface area contributed by atoms with E-state index in [2.05, 4.69) is 0 Å². The fourth-order valence-corrected chi connectivity index (χ4v) is 2.86. The summed E-state index contributed by atoms with van der Waals surface area (Å²) >= 11 is 0. The summed E-state index contributed by atoms with van der Waals surface area (Å²) < 4.78 is 0. The van der Waals surface area contributed by atoms with Gasteiger partial charge in [-0.3, -0.25) is 14.5 Å². The molecule has 6 nitrogen and oxygen atoms in total. The lowest BCUT2D eigenvalue weighted by Crippen LogP contribution is -2.44. The van der Waals surface area contributed by atoms with Gasteiger partial charge in [0, 0.05) is 18.5 Å². The highest BCUT2D eigenvalue weighted by Gasteiger charge is 2.40. The van der Waals surface area contributed by atoms with E-state index in [1.54, 1.807) is 38.1 Å². The van der Waals surface area contributed by atoms with Crippen molar-refractivity contribution in [1.29, 1.82) is 0 Å². The number of nitrogens with zero attached hydrogens (tertiary/aromatic N) is 1. The van der Waals surface area contributed by atoms with Gasteiger partial charge in [0.15, 0.2) is 0 Å². The highest BCUT2D eigenvalue weighted by Crippen LogP contribution is 2.35. The molecule has 1 aliphatic rings. The lowest BCUT2D eigenvalue weighted by Gasteiger charge is -2.28. The van der Waals surface area contributed by atoms with Crippen LogP contribution in [-0.2, 0) is 20.8 Å². The topological polar surface area (TPSA) is 94.9 Å². The summed E-state index contributed by atoms with van der Waals surface area (Å²) in [7, 11) is 0. The van der Waals surface area contributed by atoms with E-state index in [4.69, 9.17) is 5.11 Å². The van der Waals surface area contributed by atoms with Crippen molar-refractivity contribution < 1.29 is 24.6 Å². The molecule has 1 aromatic carbocycles. The molecular formula is C16H19NO5. The van der Waals surface area contributed by atoms with Crippen LogP contribution in [0, 0.1) is 5.41 Å². The Bertz CT molecular complexity index is 623. The number of amides is 1. The number of anilines is 1. The Kier molecular flexibility index (Phi) is 4.21. The maximum absolute atomic E-state index is 12.6. The van der Waals surface area contributed by atoms with E-state index >= 15 is 0 Å². The lowest BCUT2D eigenvalue weighted by molar-refractivity contribution is -0.141. The lowest BCUT2D eigenvalue weighted by atomic mass is 9.85. The Hall–Kier alpha value is -2.37. The number of carboxylic acids is 2. The molecular weight excluding hydrogens is 286 g/mol. The van der Waals surface area contributed by atoms with Crippen molar-refractivity contribution >= 4 is 23.5 Å². The van der Waals surface area contributed by atoms with Gasteiger partial charge in [-0.05, 0) is 17.0 Å². The number of hydrogen-bond acceptors (Lipinski definition) is 3. The van der Waals surface area contributed by atoms with Gasteiger partial charge in [0.25, 0.3) is 0 Å². The molecule has 1 aliphatic heterocycles. The maximum Gasteiger partial charge on any atom is 0.327 e. The van der Waals surface area contributed by atoms with E-state index < -0.39 is 23.4 Å². The van der Waals surface area contributed by atoms with Crippen molar-refractivity contribution in [3.8, 4) is 0 Å². The Labute approximate surface area is 128 Å². The predicted octanol–water partition coefficient (Wildman–Crippen LogP) is 1.92. The van der Waals surface area contributed by atoms with Gasteiger partial charge in [0.05, 0.1) is 6.42 Å². The van der Waals surface area contributed by atoms with Crippen LogP contribution in [0.1, 0.15) is 32.3 Å². The van der Waals surface area contributed by atoms with Crippen molar-refractivity contribution in [3.63, 3.8) is 0 Å². The summed E-state index contributed by atoms with van der Waals surface area (Å²) in [6.07, 6.45) is 0.111. The summed E-state index contributed by atoms with van der Waals surface area (Å²) in [4.78, 5) is 36.2. The maximum atomic E-state index is 12.6. The Balaban J connectivity index is 2.26. The second kappa shape index (κ2) is 5.79. The van der Waals surface area contributed by atoms with Gasteiger partial charge in [-0.25, -0.2) is 4.79 Å². The number of fused-ring (bicyclic) bond motifs is 1. The van der Waals surface area contributed by atoms with Crippen LogP contribution in [0.4, 0.5) is 5.69 Å². The molecule has 0 aromatic heterocycles. The summed E-state index contributed by atoms with van der Waals surface area (Å²) in [6.45, 7) is 3.38. The van der Waals surface area contributed by atoms with Crippen molar-refractivity contribution in [2.24, 2.45) is 5.41 Å². The molecule has 22 heavy (non-hydrogen) atoms. The number of aliphatic carboxylic acids is 2. The molecule has 0 radical (unpaired) electrons. The van der Waals surface area contributed by atoms with Crippen LogP contribution in [0.25, 0.3) is 0 Å². The van der Waals surface area contributed by atoms with Gasteiger partial charge in [-0.1, -0.05) is 32.0 Å². The van der Waals surface area contributed by atoms with Crippen LogP contribution < -0.4 is 4.90 Å². The average Bonchev–Trinajstić information content (AvgIpc) is 2.75. The predicted molar refractivity (Wildman–Crippen MR) is 79.7 cm³/mol. The normalized spacial score (nSPS) is 17.2. The first-order chi connectivity index (χ1) is 10.2. The number of carbonyl (C=O) groups is 3. The van der Waals surface area contributed by atoms with Crippen LogP contribution in [0.2, 0.25) is 0 Å². The number of para-hydroxylation sites is 1. The summed E-state index contributed by atoms with van der Waals surface area (Å²) in [5.41, 5.74) is 0.689. The molecule has 2 rings (SSSR count). The zero-order valence-corrected chi connectivity index (χ0v) is 12.6. The molecule has 118 valence electrons. The second-order valence-corrected chi connectivity index (χ2v) is 6.36. The third kappa shape index (κ3) is 3.27. The first-order valence-electron chi connectivity index (χ1n) is 7.06. The molecule has 2 N–H and O–H groups in total. The van der Waals surface area contributed by atoms with E-state index in [0.29, 0.717) is 5.69 Å². The number of carboxylic acid groups (broad SMARTS) is 2. The van der Waals surface area contributed by atoms with E-state index in [1.807, 2.05) is 0 Å². The van der Waals surface area contributed by atoms with Crippen LogP contribution in [0.3, 0.4) is 0 Å². The smallest absolute Gasteiger partial charge is 0.327 e. The molecule has 1 amide bonds. The third-order valence-electron chi connectivity index (χ3n) is 3.79. The summed E-state index contributed by atoms with van der Waals surface area (Å²) in [6, 6.07) is 6.16. The molecule has 0 aliphatic carbocycles. The first-order valence-corrected chi connectivity index (χ1v) is 7.06. The van der Waals surface area contributed by atoms with Crippen molar-refractivity contribution in [2.45, 2.75) is 39.2 Å². The highest BCUT2D eigenvalue weighted by molar-refractivity contribution is 6.02. The standard InChI is InChI=1S/C16H19NO5/c1-16(2,9-14(19)20)8-13(18)17-11-6-4-3-5-10(11)7-12(17)15(21)22/h3-6,12H,7-9H2,1-2H3,(H,19,20)(H,21,22)/t12-/m0/s1. The quantitative estimate of drug-likeness (QED) is 0.866. The fourth-order valence-electron chi connectivity index (χ4n) is 2.86. The second-order valence-electron chi connectivity index (χ2n) is 6.36. The minimum absolute atomic E-state index is 0.0165. The molecule has 0 fully saturated rings. The Morgan fingerprint density at radius 2 is 1.82 bits per heavy atom. The van der Waals surface area contributed by atoms with E-state index in [9.17, 15) is 19.5 Å². The van der Waals surface area contributed by atoms with Crippen LogP contribution in [0.15, 0.2) is 24.3 Å². The molecule has 0 unspecified atom stereocenters. The van der Waals surface area contributed by atoms with Gasteiger partial charge >= 0.3 is 11.9 Å². The van der Waals surface area contributed by atoms with Crippen LogP contribution >= 0.6 is 0 Å². The molecule has 0 spiro atoms.